The number of rotatable bonds is 2. The van der Waals surface area contributed by atoms with Gasteiger partial charge in [-0.05, 0) is 36.6 Å². The summed E-state index contributed by atoms with van der Waals surface area (Å²) in [6.07, 6.45) is 1.74. The molecule has 1 aromatic carbocycles. The van der Waals surface area contributed by atoms with Crippen molar-refractivity contribution in [2.24, 2.45) is 0 Å². The van der Waals surface area contributed by atoms with Crippen molar-refractivity contribution < 1.29 is 4.79 Å². The second-order valence-electron chi connectivity index (χ2n) is 8.12. The van der Waals surface area contributed by atoms with E-state index in [1.807, 2.05) is 42.8 Å². The molecule has 1 aliphatic heterocycles. The molecule has 7 heteroatoms. The van der Waals surface area contributed by atoms with Crippen molar-refractivity contribution in [3.63, 3.8) is 0 Å². The second-order valence-corrected chi connectivity index (χ2v) is 8.52. The predicted octanol–water partition coefficient (Wildman–Crippen LogP) is 4.91. The fourth-order valence-corrected chi connectivity index (χ4v) is 3.23. The average molecular weight is 417 g/mol. The number of anilines is 2. The Kier molecular flexibility index (Phi) is 7.81. The van der Waals surface area contributed by atoms with Crippen LogP contribution in [0.1, 0.15) is 26.3 Å². The van der Waals surface area contributed by atoms with Crippen LogP contribution < -0.4 is 10.2 Å². The number of pyridine rings is 1. The lowest BCUT2D eigenvalue weighted by atomic mass is 9.87. The highest BCUT2D eigenvalue weighted by atomic mass is 35.5. The average Bonchev–Trinajstić information content (AvgIpc) is 2.68. The summed E-state index contributed by atoms with van der Waals surface area (Å²) in [4.78, 5) is 20.8. The van der Waals surface area contributed by atoms with Crippen molar-refractivity contribution in [2.75, 3.05) is 36.4 Å². The molecule has 0 spiro atoms. The van der Waals surface area contributed by atoms with Crippen molar-refractivity contribution in [1.82, 2.24) is 9.88 Å². The number of carbonyl (C=O) groups excluding carboxylic acids is 1. The van der Waals surface area contributed by atoms with Crippen molar-refractivity contribution in [1.29, 1.82) is 1.34 Å². The number of piperazine rings is 1. The lowest BCUT2D eigenvalue weighted by Crippen LogP contribution is -2.50. The molecule has 1 saturated heterocycles. The number of amides is 2. The van der Waals surface area contributed by atoms with Crippen LogP contribution in [0.3, 0.4) is 0 Å². The molecule has 0 atom stereocenters. The highest BCUT2D eigenvalue weighted by Crippen LogP contribution is 2.25. The van der Waals surface area contributed by atoms with Gasteiger partial charge in [0.25, 0.3) is 0 Å². The maximum absolute atomic E-state index is 12.5. The van der Waals surface area contributed by atoms with E-state index in [-0.39, 0.29) is 18.7 Å². The minimum Gasteiger partial charge on any atom is -0.352 e. The van der Waals surface area contributed by atoms with Crippen LogP contribution in [0.15, 0.2) is 42.6 Å². The van der Waals surface area contributed by atoms with E-state index < -0.39 is 0 Å². The largest absolute Gasteiger partial charge is 0.352 e. The van der Waals surface area contributed by atoms with Crippen LogP contribution in [-0.2, 0) is 5.41 Å². The molecule has 3 rings (SSSR count). The summed E-state index contributed by atoms with van der Waals surface area (Å²) in [5, 5.41) is 3.63. The Morgan fingerprint density at radius 2 is 1.72 bits per heavy atom. The minimum absolute atomic E-state index is 0.0692. The molecular weight excluding hydrogens is 383 g/mol. The van der Waals surface area contributed by atoms with Gasteiger partial charge in [0.15, 0.2) is 0 Å². The lowest BCUT2D eigenvalue weighted by molar-refractivity contribution is 0.208. The quantitative estimate of drug-likeness (QED) is 0.708. The number of hydrogen-bond donors (Lipinski definition) is 1. The summed E-state index contributed by atoms with van der Waals surface area (Å²) >= 11 is 6.21. The molecule has 29 heavy (non-hydrogen) atoms. The first-order chi connectivity index (χ1) is 14.1. The van der Waals surface area contributed by atoms with Gasteiger partial charge in [-0.1, -0.05) is 58.2 Å². The Morgan fingerprint density at radius 3 is 2.24 bits per heavy atom. The Balaban J connectivity index is 0.000000735. The molecule has 1 aliphatic rings. The zero-order valence-electron chi connectivity index (χ0n) is 19.1. The molecule has 0 aliphatic carbocycles. The van der Waals surface area contributed by atoms with E-state index in [0.717, 1.165) is 11.5 Å². The van der Waals surface area contributed by atoms with Crippen LogP contribution in [0.2, 0.25) is 18.7 Å². The van der Waals surface area contributed by atoms with Crippen LogP contribution in [0.5, 0.6) is 0 Å². The van der Waals surface area contributed by atoms with Gasteiger partial charge in [-0.15, -0.1) is 0 Å². The first-order valence-corrected chi connectivity index (χ1v) is 10.4. The molecule has 2 aromatic rings. The van der Waals surface area contributed by atoms with Crippen LogP contribution >= 0.6 is 11.6 Å². The highest BCUT2D eigenvalue weighted by molar-refractivity contribution is 6.32. The smallest absolute Gasteiger partial charge is 0.321 e. The maximum Gasteiger partial charge on any atom is 0.321 e. The molecule has 0 bridgehead atoms. The van der Waals surface area contributed by atoms with Crippen molar-refractivity contribution in [3.05, 3.63) is 53.2 Å². The molecule has 0 unspecified atom stereocenters. The Hall–Kier alpha value is -2.21. The monoisotopic (exact) mass is 416 g/mol. The molecule has 156 valence electrons. The summed E-state index contributed by atoms with van der Waals surface area (Å²) < 4.78 is 6.58. The fourth-order valence-electron chi connectivity index (χ4n) is 2.99. The fraction of sp³-hybridized carbons (Fsp3) is 0.455. The van der Waals surface area contributed by atoms with Gasteiger partial charge in [-0.3, -0.25) is 0 Å². The van der Waals surface area contributed by atoms with Crippen molar-refractivity contribution in [2.45, 2.75) is 39.8 Å². The summed E-state index contributed by atoms with van der Waals surface area (Å²) in [6, 6.07) is 11.6. The topological polar surface area (TPSA) is 48.5 Å². The lowest BCUT2D eigenvalue weighted by Gasteiger charge is -2.35. The third-order valence-corrected chi connectivity index (χ3v) is 4.90. The number of carbonyl (C=O) groups is 1. The van der Waals surface area contributed by atoms with Gasteiger partial charge in [-0.2, -0.15) is 0 Å². The molecular formula is C22H32BClN4O. The van der Waals surface area contributed by atoms with Gasteiger partial charge >= 0.3 is 6.03 Å². The second kappa shape index (κ2) is 10.5. The zero-order valence-corrected chi connectivity index (χ0v) is 18.8. The maximum atomic E-state index is 12.5. The molecule has 2 heterocycles. The first-order valence-electron chi connectivity index (χ1n) is 10.6. The van der Waals surface area contributed by atoms with Crippen LogP contribution in [0.4, 0.5) is 16.3 Å². The third-order valence-electron chi connectivity index (χ3n) is 4.61. The molecule has 0 saturated carbocycles. The number of aromatic nitrogens is 1. The summed E-state index contributed by atoms with van der Waals surface area (Å²) in [5.74, 6) is 0.784. The molecule has 2 amide bonds. The number of halogens is 1. The number of nitrogens with zero attached hydrogens (tertiary/aromatic N) is 3. The van der Waals surface area contributed by atoms with E-state index in [1.165, 1.54) is 5.56 Å². The number of urea groups is 1. The Bertz CT molecular complexity index is 816. The zero-order chi connectivity index (χ0) is 22.3. The number of nitrogens with one attached hydrogen (secondary N) is 1. The molecule has 1 N–H and O–H groups in total. The van der Waals surface area contributed by atoms with Gasteiger partial charge in [-0.25, -0.2) is 9.78 Å². The van der Waals surface area contributed by atoms with Gasteiger partial charge in [0.2, 0.25) is 0 Å². The van der Waals surface area contributed by atoms with Crippen LogP contribution in [0.25, 0.3) is 0 Å². The van der Waals surface area contributed by atoms with Gasteiger partial charge in [0.05, 0.1) is 5.02 Å². The van der Waals surface area contributed by atoms with E-state index in [2.05, 4.69) is 48.1 Å². The van der Waals surface area contributed by atoms with E-state index in [0.29, 0.717) is 31.2 Å². The van der Waals surface area contributed by atoms with E-state index in [9.17, 15) is 4.79 Å². The molecule has 0 radical (unpaired) electrons. The van der Waals surface area contributed by atoms with Crippen LogP contribution in [0, 0.1) is 0 Å². The van der Waals surface area contributed by atoms with E-state index in [4.69, 9.17) is 12.9 Å². The Morgan fingerprint density at radius 1 is 1.14 bits per heavy atom. The standard InChI is InChI=1S/C20H25ClN4O.C2H7B/c1-20(2,3)15-6-8-16(9-7-15)23-19(26)25-13-11-24(12-14-25)18-17(21)5-4-10-22-18;1-3-2/h4-10H,11-14H2,1-3H3,(H,23,26);3H,1-2H3/i;3T. The van der Waals surface area contributed by atoms with Gasteiger partial charge < -0.3 is 15.1 Å². The highest BCUT2D eigenvalue weighted by Gasteiger charge is 2.23. The van der Waals surface area contributed by atoms with Crippen molar-refractivity contribution >= 4 is 36.4 Å². The summed E-state index contributed by atoms with van der Waals surface area (Å²) in [7, 11) is 0.0833. The van der Waals surface area contributed by atoms with E-state index >= 15 is 0 Å². The van der Waals surface area contributed by atoms with E-state index in [1.54, 1.807) is 6.20 Å². The third kappa shape index (κ3) is 6.67. The summed E-state index contributed by atoms with van der Waals surface area (Å²) in [5.41, 5.74) is 2.17. The Labute approximate surface area is 182 Å². The summed E-state index contributed by atoms with van der Waals surface area (Å²) in [6.45, 7) is 12.9. The normalized spacial score (nSPS) is 14.5. The molecule has 1 fully saturated rings. The minimum atomic E-state index is -0.0692. The van der Waals surface area contributed by atoms with Gasteiger partial charge in [0, 0.05) is 38.1 Å². The van der Waals surface area contributed by atoms with Gasteiger partial charge in [0.1, 0.15) is 13.1 Å². The number of hydrogen-bond acceptors (Lipinski definition) is 3. The molecule has 1 aromatic heterocycles. The predicted molar refractivity (Wildman–Crippen MR) is 126 cm³/mol. The molecule has 5 nitrogen and oxygen atoms in total. The number of benzene rings is 1. The SMILES string of the molecule is CC(C)(C)c1ccc(NC(=O)N2CCN(c3ncccc3Cl)CC2)cc1.[3H]B(C)C. The first kappa shape index (κ1) is 21.5. The van der Waals surface area contributed by atoms with Crippen molar-refractivity contribution in [3.8, 4) is 0 Å². The van der Waals surface area contributed by atoms with Crippen LogP contribution in [-0.4, -0.2) is 50.7 Å².